The molecular weight excluding hydrogens is 188 g/mol. The molecule has 2 atom stereocenters. The van der Waals surface area contributed by atoms with Gasteiger partial charge in [-0.2, -0.15) is 0 Å². The van der Waals surface area contributed by atoms with Crippen molar-refractivity contribution in [2.24, 2.45) is 0 Å². The largest absolute Gasteiger partial charge is 0.371 e. The third kappa shape index (κ3) is 3.05. The predicted octanol–water partition coefficient (Wildman–Crippen LogP) is 2.94. The molecule has 1 heterocycles. The van der Waals surface area contributed by atoms with E-state index in [1.54, 1.807) is 0 Å². The van der Waals surface area contributed by atoms with E-state index in [0.29, 0.717) is 0 Å². The smallest absolute Gasteiger partial charge is 0.111 e. The number of ether oxygens (including phenoxy) is 2. The van der Waals surface area contributed by atoms with Crippen LogP contribution in [0.15, 0.2) is 30.3 Å². The average Bonchev–Trinajstić information content (AvgIpc) is 3.10. The van der Waals surface area contributed by atoms with E-state index in [4.69, 9.17) is 9.47 Å². The van der Waals surface area contributed by atoms with Crippen LogP contribution in [0.2, 0.25) is 0 Å². The SMILES string of the molecule is CCCCO[C@H](c1ccccc1)C1CO1. The summed E-state index contributed by atoms with van der Waals surface area (Å²) in [6.07, 6.45) is 2.71. The monoisotopic (exact) mass is 206 g/mol. The molecule has 0 amide bonds. The van der Waals surface area contributed by atoms with Gasteiger partial charge in [-0.1, -0.05) is 43.7 Å². The molecule has 1 aliphatic heterocycles. The zero-order valence-electron chi connectivity index (χ0n) is 9.19. The van der Waals surface area contributed by atoms with Gasteiger partial charge in [0.2, 0.25) is 0 Å². The van der Waals surface area contributed by atoms with Crippen molar-refractivity contribution in [1.82, 2.24) is 0 Å². The van der Waals surface area contributed by atoms with Crippen LogP contribution in [0.4, 0.5) is 0 Å². The maximum absolute atomic E-state index is 5.87. The third-order valence-electron chi connectivity index (χ3n) is 2.62. The summed E-state index contributed by atoms with van der Waals surface area (Å²) in [4.78, 5) is 0. The van der Waals surface area contributed by atoms with E-state index in [2.05, 4.69) is 19.1 Å². The van der Waals surface area contributed by atoms with E-state index in [1.165, 1.54) is 12.0 Å². The van der Waals surface area contributed by atoms with Gasteiger partial charge in [-0.15, -0.1) is 0 Å². The lowest BCUT2D eigenvalue weighted by Crippen LogP contribution is -2.11. The molecule has 2 rings (SSSR count). The van der Waals surface area contributed by atoms with Crippen LogP contribution in [0, 0.1) is 0 Å². The normalized spacial score (nSPS) is 21.3. The van der Waals surface area contributed by atoms with Crippen LogP contribution in [0.25, 0.3) is 0 Å². The first kappa shape index (κ1) is 10.7. The topological polar surface area (TPSA) is 21.8 Å². The molecular formula is C13H18O2. The van der Waals surface area contributed by atoms with Crippen LogP contribution < -0.4 is 0 Å². The number of hydrogen-bond donors (Lipinski definition) is 0. The summed E-state index contributed by atoms with van der Waals surface area (Å²) in [7, 11) is 0. The number of rotatable bonds is 6. The van der Waals surface area contributed by atoms with E-state index in [0.717, 1.165) is 19.6 Å². The second-order valence-electron chi connectivity index (χ2n) is 3.93. The summed E-state index contributed by atoms with van der Waals surface area (Å²) in [5.41, 5.74) is 1.23. The summed E-state index contributed by atoms with van der Waals surface area (Å²) < 4.78 is 11.2. The molecule has 82 valence electrons. The van der Waals surface area contributed by atoms with Crippen LogP contribution in [0.3, 0.4) is 0 Å². The lowest BCUT2D eigenvalue weighted by molar-refractivity contribution is 0.0306. The second-order valence-corrected chi connectivity index (χ2v) is 3.93. The summed E-state index contributed by atoms with van der Waals surface area (Å²) in [5, 5.41) is 0. The van der Waals surface area contributed by atoms with Crippen LogP contribution >= 0.6 is 0 Å². The Balaban J connectivity index is 1.94. The molecule has 0 N–H and O–H groups in total. The molecule has 15 heavy (non-hydrogen) atoms. The Bertz CT molecular complexity index is 280. The minimum absolute atomic E-state index is 0.137. The van der Waals surface area contributed by atoms with Gasteiger partial charge in [-0.3, -0.25) is 0 Å². The Labute approximate surface area is 91.2 Å². The molecule has 0 aromatic heterocycles. The second kappa shape index (κ2) is 5.29. The fourth-order valence-corrected chi connectivity index (χ4v) is 1.65. The summed E-state index contributed by atoms with van der Waals surface area (Å²) in [5.74, 6) is 0. The third-order valence-corrected chi connectivity index (χ3v) is 2.62. The average molecular weight is 206 g/mol. The lowest BCUT2D eigenvalue weighted by Gasteiger charge is -2.15. The fourth-order valence-electron chi connectivity index (χ4n) is 1.65. The predicted molar refractivity (Wildman–Crippen MR) is 59.8 cm³/mol. The van der Waals surface area contributed by atoms with Gasteiger partial charge in [-0.25, -0.2) is 0 Å². The van der Waals surface area contributed by atoms with Gasteiger partial charge < -0.3 is 9.47 Å². The van der Waals surface area contributed by atoms with Crippen molar-refractivity contribution in [2.75, 3.05) is 13.2 Å². The first-order valence-corrected chi connectivity index (χ1v) is 5.70. The van der Waals surface area contributed by atoms with Crippen LogP contribution in [0.5, 0.6) is 0 Å². The highest BCUT2D eigenvalue weighted by Gasteiger charge is 2.34. The number of benzene rings is 1. The van der Waals surface area contributed by atoms with Gasteiger partial charge in [0.1, 0.15) is 12.2 Å². The zero-order chi connectivity index (χ0) is 10.5. The van der Waals surface area contributed by atoms with E-state index in [-0.39, 0.29) is 12.2 Å². The number of epoxide rings is 1. The molecule has 1 unspecified atom stereocenters. The number of unbranched alkanes of at least 4 members (excludes halogenated alkanes) is 1. The molecule has 2 nitrogen and oxygen atoms in total. The van der Waals surface area contributed by atoms with Crippen molar-refractivity contribution < 1.29 is 9.47 Å². The maximum Gasteiger partial charge on any atom is 0.111 e. The van der Waals surface area contributed by atoms with Crippen molar-refractivity contribution in [3.05, 3.63) is 35.9 Å². The Morgan fingerprint density at radius 1 is 1.40 bits per heavy atom. The van der Waals surface area contributed by atoms with Crippen LogP contribution in [0.1, 0.15) is 31.4 Å². The van der Waals surface area contributed by atoms with Crippen molar-refractivity contribution in [3.63, 3.8) is 0 Å². The van der Waals surface area contributed by atoms with Crippen molar-refractivity contribution in [2.45, 2.75) is 32.0 Å². The fraction of sp³-hybridized carbons (Fsp3) is 0.538. The Hall–Kier alpha value is -0.860. The molecule has 1 aromatic rings. The highest BCUT2D eigenvalue weighted by atomic mass is 16.6. The van der Waals surface area contributed by atoms with Gasteiger partial charge in [0, 0.05) is 6.61 Å². The minimum Gasteiger partial charge on any atom is -0.371 e. The van der Waals surface area contributed by atoms with Gasteiger partial charge in [0.15, 0.2) is 0 Å². The quantitative estimate of drug-likeness (QED) is 0.527. The Morgan fingerprint density at radius 3 is 2.73 bits per heavy atom. The molecule has 1 aliphatic rings. The minimum atomic E-state index is 0.137. The molecule has 1 saturated heterocycles. The van der Waals surface area contributed by atoms with Crippen molar-refractivity contribution >= 4 is 0 Å². The highest BCUT2D eigenvalue weighted by molar-refractivity contribution is 5.19. The standard InChI is InChI=1S/C13H18O2/c1-2-3-9-14-13(12-10-15-12)11-7-5-4-6-8-11/h4-8,12-13H,2-3,9-10H2,1H3/t12?,13-/m1/s1. The maximum atomic E-state index is 5.87. The molecule has 0 radical (unpaired) electrons. The van der Waals surface area contributed by atoms with Crippen molar-refractivity contribution in [3.8, 4) is 0 Å². The first-order chi connectivity index (χ1) is 7.42. The molecule has 1 fully saturated rings. The molecule has 0 saturated carbocycles. The van der Waals surface area contributed by atoms with Crippen LogP contribution in [-0.2, 0) is 9.47 Å². The van der Waals surface area contributed by atoms with E-state index >= 15 is 0 Å². The van der Waals surface area contributed by atoms with E-state index in [1.807, 2.05) is 18.2 Å². The molecule has 0 bridgehead atoms. The van der Waals surface area contributed by atoms with E-state index in [9.17, 15) is 0 Å². The summed E-state index contributed by atoms with van der Waals surface area (Å²) in [6.45, 7) is 3.84. The molecule has 2 heteroatoms. The van der Waals surface area contributed by atoms with Gasteiger partial charge >= 0.3 is 0 Å². The zero-order valence-corrected chi connectivity index (χ0v) is 9.19. The molecule has 0 spiro atoms. The first-order valence-electron chi connectivity index (χ1n) is 5.70. The Kier molecular flexibility index (Phi) is 3.75. The number of hydrogen-bond acceptors (Lipinski definition) is 2. The van der Waals surface area contributed by atoms with Crippen molar-refractivity contribution in [1.29, 1.82) is 0 Å². The molecule has 1 aromatic carbocycles. The van der Waals surface area contributed by atoms with Gasteiger partial charge in [-0.05, 0) is 12.0 Å². The van der Waals surface area contributed by atoms with Gasteiger partial charge in [0.05, 0.1) is 6.61 Å². The van der Waals surface area contributed by atoms with Gasteiger partial charge in [0.25, 0.3) is 0 Å². The summed E-state index contributed by atoms with van der Waals surface area (Å²) >= 11 is 0. The lowest BCUT2D eigenvalue weighted by atomic mass is 10.1. The highest BCUT2D eigenvalue weighted by Crippen LogP contribution is 2.30. The Morgan fingerprint density at radius 2 is 2.13 bits per heavy atom. The van der Waals surface area contributed by atoms with Crippen LogP contribution in [-0.4, -0.2) is 19.3 Å². The summed E-state index contributed by atoms with van der Waals surface area (Å²) in [6, 6.07) is 10.3. The molecule has 0 aliphatic carbocycles. The van der Waals surface area contributed by atoms with E-state index < -0.39 is 0 Å².